The Morgan fingerprint density at radius 2 is 2.27 bits per heavy atom. The predicted molar refractivity (Wildman–Crippen MR) is 47.6 cm³/mol. The Bertz CT molecular complexity index is 330. The highest BCUT2D eigenvalue weighted by Crippen LogP contribution is 2.55. The topological polar surface area (TPSA) is 76.0 Å². The summed E-state index contributed by atoms with van der Waals surface area (Å²) < 4.78 is 11.0. The van der Waals surface area contributed by atoms with Crippen molar-refractivity contribution in [3.63, 3.8) is 0 Å². The van der Waals surface area contributed by atoms with Gasteiger partial charge in [-0.25, -0.2) is 0 Å². The van der Waals surface area contributed by atoms with Crippen molar-refractivity contribution in [3.8, 4) is 0 Å². The van der Waals surface area contributed by atoms with Gasteiger partial charge in [-0.3, -0.25) is 4.79 Å². The highest BCUT2D eigenvalue weighted by molar-refractivity contribution is 5.84. The molecule has 3 aliphatic rings. The first-order chi connectivity index (χ1) is 6.99. The van der Waals surface area contributed by atoms with Crippen LogP contribution < -0.4 is 0 Å². The molecule has 2 aliphatic heterocycles. The van der Waals surface area contributed by atoms with Crippen LogP contribution in [0.3, 0.4) is 0 Å². The van der Waals surface area contributed by atoms with Crippen LogP contribution >= 0.6 is 0 Å². The molecule has 5 nitrogen and oxygen atoms in total. The maximum Gasteiger partial charge on any atom is 0.198 e. The molecule has 5 heteroatoms. The van der Waals surface area contributed by atoms with Gasteiger partial charge in [-0.2, -0.15) is 0 Å². The molecule has 3 rings (SSSR count). The number of ether oxygens (including phenoxy) is 2. The maximum absolute atomic E-state index is 11.8. The SMILES string of the molecule is C[C@]12CC(=O)[C@@H]3C[C@@]1(O)O[C@H](O2)[C@H]3CO. The lowest BCUT2D eigenvalue weighted by Crippen LogP contribution is -2.59. The Morgan fingerprint density at radius 1 is 1.53 bits per heavy atom. The second-order valence-electron chi connectivity index (χ2n) is 4.92. The summed E-state index contributed by atoms with van der Waals surface area (Å²) in [4.78, 5) is 11.8. The van der Waals surface area contributed by atoms with Crippen molar-refractivity contribution in [1.82, 2.24) is 0 Å². The number of carbonyl (C=O) groups is 1. The van der Waals surface area contributed by atoms with E-state index in [1.54, 1.807) is 6.92 Å². The highest BCUT2D eigenvalue weighted by atomic mass is 16.8. The lowest BCUT2D eigenvalue weighted by molar-refractivity contribution is -0.271. The largest absolute Gasteiger partial charge is 0.396 e. The molecule has 1 saturated carbocycles. The number of Topliss-reactive ketones (excluding diaryl/α,β-unsaturated/α-hetero) is 1. The van der Waals surface area contributed by atoms with Gasteiger partial charge in [0, 0.05) is 24.7 Å². The number of hydrogen-bond donors (Lipinski definition) is 2. The van der Waals surface area contributed by atoms with Crippen LogP contribution in [0.15, 0.2) is 0 Å². The van der Waals surface area contributed by atoms with Crippen molar-refractivity contribution in [2.24, 2.45) is 11.8 Å². The quantitative estimate of drug-likeness (QED) is 0.610. The van der Waals surface area contributed by atoms with Gasteiger partial charge in [0.15, 0.2) is 12.1 Å². The molecule has 15 heavy (non-hydrogen) atoms. The molecule has 0 aromatic carbocycles. The average Bonchev–Trinajstić information content (AvgIpc) is 2.29. The molecule has 3 bridgehead atoms. The number of fused-ring (bicyclic) bond motifs is 2. The number of carbonyl (C=O) groups excluding carboxylic acids is 1. The number of rotatable bonds is 1. The number of aliphatic hydroxyl groups is 2. The molecule has 0 amide bonds. The fourth-order valence-electron chi connectivity index (χ4n) is 2.98. The van der Waals surface area contributed by atoms with Crippen molar-refractivity contribution in [2.75, 3.05) is 6.61 Å². The average molecular weight is 214 g/mol. The molecule has 0 aromatic heterocycles. The summed E-state index contributed by atoms with van der Waals surface area (Å²) in [6, 6.07) is 0. The molecule has 2 saturated heterocycles. The Balaban J connectivity index is 2.07. The molecular weight excluding hydrogens is 200 g/mol. The summed E-state index contributed by atoms with van der Waals surface area (Å²) in [5, 5.41) is 19.4. The van der Waals surface area contributed by atoms with Crippen LogP contribution in [0.5, 0.6) is 0 Å². The molecular formula is C10H14O5. The van der Waals surface area contributed by atoms with E-state index in [-0.39, 0.29) is 37.1 Å². The van der Waals surface area contributed by atoms with Crippen LogP contribution in [0.2, 0.25) is 0 Å². The third-order valence-electron chi connectivity index (χ3n) is 4.01. The number of ketones is 1. The zero-order valence-electron chi connectivity index (χ0n) is 8.47. The van der Waals surface area contributed by atoms with Gasteiger partial charge < -0.3 is 19.7 Å². The molecule has 0 spiro atoms. The smallest absolute Gasteiger partial charge is 0.198 e. The monoisotopic (exact) mass is 214 g/mol. The third kappa shape index (κ3) is 0.990. The molecule has 1 aliphatic carbocycles. The fraction of sp³-hybridized carbons (Fsp3) is 0.900. The molecule has 2 heterocycles. The van der Waals surface area contributed by atoms with Crippen molar-refractivity contribution < 1.29 is 24.5 Å². The molecule has 2 N–H and O–H groups in total. The van der Waals surface area contributed by atoms with Gasteiger partial charge in [0.05, 0.1) is 6.61 Å². The lowest BCUT2D eigenvalue weighted by atomic mass is 9.70. The molecule has 0 radical (unpaired) electrons. The molecule has 0 unspecified atom stereocenters. The first kappa shape index (κ1) is 9.72. The van der Waals surface area contributed by atoms with Crippen molar-refractivity contribution >= 4 is 5.78 Å². The first-order valence-electron chi connectivity index (χ1n) is 5.21. The van der Waals surface area contributed by atoms with Gasteiger partial charge in [-0.15, -0.1) is 0 Å². The predicted octanol–water partition coefficient (Wildman–Crippen LogP) is -0.592. The Hall–Kier alpha value is -0.490. The third-order valence-corrected chi connectivity index (χ3v) is 4.01. The first-order valence-corrected chi connectivity index (χ1v) is 5.21. The van der Waals surface area contributed by atoms with E-state index in [2.05, 4.69) is 0 Å². The van der Waals surface area contributed by atoms with E-state index >= 15 is 0 Å². The summed E-state index contributed by atoms with van der Waals surface area (Å²) in [6.07, 6.45) is -0.235. The number of hydrogen-bond acceptors (Lipinski definition) is 5. The van der Waals surface area contributed by atoms with Gasteiger partial charge in [0.25, 0.3) is 0 Å². The molecule has 3 fully saturated rings. The van der Waals surface area contributed by atoms with Crippen LogP contribution in [-0.4, -0.2) is 40.3 Å². The summed E-state index contributed by atoms with van der Waals surface area (Å²) in [5.74, 6) is -1.94. The Kier molecular flexibility index (Phi) is 1.68. The van der Waals surface area contributed by atoms with Gasteiger partial charge >= 0.3 is 0 Å². The standard InChI is InChI=1S/C10H14O5/c1-9-3-7(12)5-2-10(9,13)15-8(14-9)6(5)4-11/h5-6,8,11,13H,2-4H2,1H3/t5-,6+,8+,9+,10-/m1/s1. The van der Waals surface area contributed by atoms with Gasteiger partial charge in [-0.05, 0) is 6.92 Å². The van der Waals surface area contributed by atoms with Crippen LogP contribution in [0.4, 0.5) is 0 Å². The van der Waals surface area contributed by atoms with E-state index in [0.717, 1.165) is 0 Å². The normalized spacial score (nSPS) is 57.5. The van der Waals surface area contributed by atoms with Gasteiger partial charge in [0.2, 0.25) is 0 Å². The lowest BCUT2D eigenvalue weighted by Gasteiger charge is -2.44. The minimum atomic E-state index is -1.35. The zero-order chi connectivity index (χ0) is 10.8. The van der Waals surface area contributed by atoms with Crippen molar-refractivity contribution in [1.29, 1.82) is 0 Å². The maximum atomic E-state index is 11.8. The van der Waals surface area contributed by atoms with Gasteiger partial charge in [0.1, 0.15) is 11.4 Å². The van der Waals surface area contributed by atoms with E-state index in [9.17, 15) is 15.0 Å². The van der Waals surface area contributed by atoms with Gasteiger partial charge in [-0.1, -0.05) is 0 Å². The van der Waals surface area contributed by atoms with Crippen LogP contribution in [0.25, 0.3) is 0 Å². The van der Waals surface area contributed by atoms with Crippen LogP contribution in [-0.2, 0) is 14.3 Å². The van der Waals surface area contributed by atoms with E-state index in [1.165, 1.54) is 0 Å². The van der Waals surface area contributed by atoms with E-state index < -0.39 is 17.7 Å². The second kappa shape index (κ2) is 2.60. The Labute approximate surface area is 87.0 Å². The fourth-order valence-corrected chi connectivity index (χ4v) is 2.98. The Morgan fingerprint density at radius 3 is 2.93 bits per heavy atom. The van der Waals surface area contributed by atoms with E-state index in [4.69, 9.17) is 9.47 Å². The van der Waals surface area contributed by atoms with E-state index in [0.29, 0.717) is 0 Å². The summed E-state index contributed by atoms with van der Waals surface area (Å²) >= 11 is 0. The van der Waals surface area contributed by atoms with Crippen molar-refractivity contribution in [3.05, 3.63) is 0 Å². The minimum absolute atomic E-state index is 0.0621. The zero-order valence-corrected chi connectivity index (χ0v) is 8.47. The molecule has 0 aromatic rings. The molecule has 5 atom stereocenters. The highest BCUT2D eigenvalue weighted by Gasteiger charge is 2.69. The van der Waals surface area contributed by atoms with Crippen molar-refractivity contribution in [2.45, 2.75) is 37.4 Å². The number of aliphatic hydroxyl groups excluding tert-OH is 1. The molecule has 84 valence electrons. The summed E-state index contributed by atoms with van der Waals surface area (Å²) in [6.45, 7) is 1.55. The minimum Gasteiger partial charge on any atom is -0.396 e. The summed E-state index contributed by atoms with van der Waals surface area (Å²) in [5.41, 5.74) is -0.935. The second-order valence-corrected chi connectivity index (χ2v) is 4.92. The van der Waals surface area contributed by atoms with Crippen LogP contribution in [0, 0.1) is 11.8 Å². The van der Waals surface area contributed by atoms with E-state index in [1.807, 2.05) is 0 Å². The summed E-state index contributed by atoms with van der Waals surface area (Å²) in [7, 11) is 0. The van der Waals surface area contributed by atoms with Crippen LogP contribution in [0.1, 0.15) is 19.8 Å².